The van der Waals surface area contributed by atoms with Crippen LogP contribution in [0.15, 0.2) is 0 Å². The molecule has 0 aromatic heterocycles. The van der Waals surface area contributed by atoms with Crippen molar-refractivity contribution in [3.63, 3.8) is 0 Å². The summed E-state index contributed by atoms with van der Waals surface area (Å²) in [6, 6.07) is -0.0997. The van der Waals surface area contributed by atoms with Gasteiger partial charge in [0.2, 0.25) is 0 Å². The molecule has 0 bridgehead atoms. The van der Waals surface area contributed by atoms with Gasteiger partial charge in [-0.05, 0) is 13.3 Å². The van der Waals surface area contributed by atoms with E-state index in [-0.39, 0.29) is 19.0 Å². The Hall–Kier alpha value is -0.660. The zero-order chi connectivity index (χ0) is 12.9. The number of carboxylic acid groups (broad SMARTS) is 1. The maximum Gasteiger partial charge on any atom is 0.304 e. The molecule has 0 aromatic carbocycles. The number of aliphatic carboxylic acids is 1. The molecule has 96 valence electrons. The molecule has 0 saturated heterocycles. The Morgan fingerprint density at radius 1 is 1.38 bits per heavy atom. The highest BCUT2D eigenvalue weighted by Crippen LogP contribution is 2.10. The van der Waals surface area contributed by atoms with Crippen LogP contribution in [0.3, 0.4) is 0 Å². The van der Waals surface area contributed by atoms with Crippen LogP contribution in [0.1, 0.15) is 26.7 Å². The first-order valence-electron chi connectivity index (χ1n) is 5.14. The van der Waals surface area contributed by atoms with E-state index < -0.39 is 16.2 Å². The van der Waals surface area contributed by atoms with Gasteiger partial charge in [0.15, 0.2) is 0 Å². The highest BCUT2D eigenvalue weighted by molar-refractivity contribution is 7.86. The normalized spacial score (nSPS) is 14.4. The molecule has 1 N–H and O–H groups in total. The zero-order valence-electron chi connectivity index (χ0n) is 10.2. The summed E-state index contributed by atoms with van der Waals surface area (Å²) >= 11 is 0. The maximum atomic E-state index is 11.9. The van der Waals surface area contributed by atoms with Crippen molar-refractivity contribution in [2.24, 2.45) is 0 Å². The Morgan fingerprint density at radius 2 is 1.88 bits per heavy atom. The molecule has 7 heteroatoms. The van der Waals surface area contributed by atoms with Crippen LogP contribution in [-0.2, 0) is 15.0 Å². The smallest absolute Gasteiger partial charge is 0.304 e. The molecule has 0 heterocycles. The van der Waals surface area contributed by atoms with Crippen molar-refractivity contribution in [1.82, 2.24) is 8.61 Å². The molecule has 1 unspecified atom stereocenters. The first-order valence-corrected chi connectivity index (χ1v) is 6.54. The average Bonchev–Trinajstić information content (AvgIpc) is 2.23. The van der Waals surface area contributed by atoms with Gasteiger partial charge in [0.25, 0.3) is 10.2 Å². The van der Waals surface area contributed by atoms with Gasteiger partial charge in [0.05, 0.1) is 6.42 Å². The molecule has 16 heavy (non-hydrogen) atoms. The molecule has 0 aliphatic carbocycles. The Bertz CT molecular complexity index is 328. The summed E-state index contributed by atoms with van der Waals surface area (Å²) in [5, 5.41) is 8.49. The number of hydrogen-bond donors (Lipinski definition) is 1. The van der Waals surface area contributed by atoms with Crippen LogP contribution in [-0.4, -0.2) is 54.8 Å². The van der Waals surface area contributed by atoms with E-state index in [9.17, 15) is 13.2 Å². The largest absolute Gasteiger partial charge is 0.481 e. The molecule has 0 saturated carbocycles. The minimum atomic E-state index is -3.54. The van der Waals surface area contributed by atoms with Gasteiger partial charge in [-0.3, -0.25) is 4.79 Å². The monoisotopic (exact) mass is 252 g/mol. The first kappa shape index (κ1) is 15.3. The van der Waals surface area contributed by atoms with Gasteiger partial charge >= 0.3 is 5.97 Å². The fraction of sp³-hybridized carbons (Fsp3) is 0.889. The molecule has 1 atom stereocenters. The third kappa shape index (κ3) is 4.07. The summed E-state index contributed by atoms with van der Waals surface area (Å²) in [6.07, 6.45) is 0.520. The van der Waals surface area contributed by atoms with Crippen molar-refractivity contribution in [2.75, 3.05) is 20.6 Å². The fourth-order valence-electron chi connectivity index (χ4n) is 1.07. The highest BCUT2D eigenvalue weighted by atomic mass is 32.2. The van der Waals surface area contributed by atoms with E-state index in [0.717, 1.165) is 4.31 Å². The zero-order valence-corrected chi connectivity index (χ0v) is 11.0. The van der Waals surface area contributed by atoms with E-state index in [0.29, 0.717) is 6.42 Å². The third-order valence-electron chi connectivity index (χ3n) is 2.61. The Labute approximate surface area is 97.0 Å². The summed E-state index contributed by atoms with van der Waals surface area (Å²) < 4.78 is 26.1. The SMILES string of the molecule is CCC(C)N(C)S(=O)(=O)N(C)CCC(=O)O. The van der Waals surface area contributed by atoms with Gasteiger partial charge in [0.1, 0.15) is 0 Å². The fourth-order valence-corrected chi connectivity index (χ4v) is 2.44. The van der Waals surface area contributed by atoms with Gasteiger partial charge in [-0.2, -0.15) is 17.0 Å². The summed E-state index contributed by atoms with van der Waals surface area (Å²) in [5.74, 6) is -1.01. The number of rotatable bonds is 7. The summed E-state index contributed by atoms with van der Waals surface area (Å²) in [6.45, 7) is 3.69. The van der Waals surface area contributed by atoms with Gasteiger partial charge < -0.3 is 5.11 Å². The molecular weight excluding hydrogens is 232 g/mol. The summed E-state index contributed by atoms with van der Waals surface area (Å²) in [5.41, 5.74) is 0. The number of carboxylic acids is 1. The Balaban J connectivity index is 4.59. The second-order valence-corrected chi connectivity index (χ2v) is 5.84. The number of carbonyl (C=O) groups is 1. The van der Waals surface area contributed by atoms with Crippen LogP contribution in [0, 0.1) is 0 Å². The quantitative estimate of drug-likeness (QED) is 0.710. The van der Waals surface area contributed by atoms with E-state index in [2.05, 4.69) is 0 Å². The van der Waals surface area contributed by atoms with Crippen molar-refractivity contribution in [3.8, 4) is 0 Å². The van der Waals surface area contributed by atoms with E-state index in [4.69, 9.17) is 5.11 Å². The average molecular weight is 252 g/mol. The Kier molecular flexibility index (Phi) is 5.91. The summed E-state index contributed by atoms with van der Waals surface area (Å²) in [7, 11) is -0.656. The second kappa shape index (κ2) is 6.17. The van der Waals surface area contributed by atoms with Crippen molar-refractivity contribution in [1.29, 1.82) is 0 Å². The molecule has 0 aromatic rings. The topological polar surface area (TPSA) is 77.9 Å². The predicted molar refractivity (Wildman–Crippen MR) is 61.3 cm³/mol. The lowest BCUT2D eigenvalue weighted by molar-refractivity contribution is -0.137. The molecule has 0 aliphatic rings. The maximum absolute atomic E-state index is 11.9. The standard InChI is InChI=1S/C9H20N2O4S/c1-5-8(2)11(4)16(14,15)10(3)7-6-9(12)13/h8H,5-7H2,1-4H3,(H,12,13). The molecule has 0 aliphatic heterocycles. The lowest BCUT2D eigenvalue weighted by Crippen LogP contribution is -2.44. The molecule has 0 spiro atoms. The van der Waals surface area contributed by atoms with E-state index in [1.54, 1.807) is 0 Å². The van der Waals surface area contributed by atoms with Gasteiger partial charge in [-0.15, -0.1) is 0 Å². The van der Waals surface area contributed by atoms with Crippen molar-refractivity contribution in [3.05, 3.63) is 0 Å². The Morgan fingerprint density at radius 3 is 2.25 bits per heavy atom. The molecule has 0 fully saturated rings. The minimum Gasteiger partial charge on any atom is -0.481 e. The van der Waals surface area contributed by atoms with Gasteiger partial charge in [-0.1, -0.05) is 6.92 Å². The van der Waals surface area contributed by atoms with E-state index in [1.165, 1.54) is 18.4 Å². The lowest BCUT2D eigenvalue weighted by atomic mass is 10.3. The van der Waals surface area contributed by atoms with Crippen LogP contribution in [0.25, 0.3) is 0 Å². The van der Waals surface area contributed by atoms with Crippen molar-refractivity contribution in [2.45, 2.75) is 32.7 Å². The van der Waals surface area contributed by atoms with Crippen LogP contribution in [0.5, 0.6) is 0 Å². The predicted octanol–water partition coefficient (Wildman–Crippen LogP) is 0.368. The van der Waals surface area contributed by atoms with Crippen LogP contribution in [0.2, 0.25) is 0 Å². The second-order valence-electron chi connectivity index (χ2n) is 3.75. The van der Waals surface area contributed by atoms with Gasteiger partial charge in [-0.25, -0.2) is 0 Å². The van der Waals surface area contributed by atoms with Crippen molar-refractivity contribution < 1.29 is 18.3 Å². The number of hydrogen-bond acceptors (Lipinski definition) is 3. The van der Waals surface area contributed by atoms with Crippen LogP contribution >= 0.6 is 0 Å². The van der Waals surface area contributed by atoms with E-state index in [1.807, 2.05) is 13.8 Å². The third-order valence-corrected chi connectivity index (χ3v) is 4.67. The van der Waals surface area contributed by atoms with Crippen LogP contribution in [0.4, 0.5) is 0 Å². The molecule has 6 nitrogen and oxygen atoms in total. The molecular formula is C9H20N2O4S. The lowest BCUT2D eigenvalue weighted by Gasteiger charge is -2.28. The minimum absolute atomic E-state index is 0.0154. The molecule has 0 radical (unpaired) electrons. The van der Waals surface area contributed by atoms with Crippen LogP contribution < -0.4 is 0 Å². The highest BCUT2D eigenvalue weighted by Gasteiger charge is 2.26. The van der Waals surface area contributed by atoms with Crippen molar-refractivity contribution >= 4 is 16.2 Å². The molecule has 0 rings (SSSR count). The van der Waals surface area contributed by atoms with Gasteiger partial charge in [0, 0.05) is 26.7 Å². The first-order chi connectivity index (χ1) is 7.23. The molecule has 0 amide bonds. The summed E-state index contributed by atoms with van der Waals surface area (Å²) in [4.78, 5) is 10.4. The van der Waals surface area contributed by atoms with E-state index >= 15 is 0 Å². The number of nitrogens with zero attached hydrogens (tertiary/aromatic N) is 2.